The molecule has 184 valence electrons. The molecule has 1 saturated carbocycles. The number of anilines is 2. The second kappa shape index (κ2) is 9.44. The molecule has 3 N–H and O–H groups in total. The van der Waals surface area contributed by atoms with Crippen LogP contribution in [-0.2, 0) is 16.1 Å². The molecule has 3 aromatic rings. The van der Waals surface area contributed by atoms with Crippen molar-refractivity contribution in [2.24, 2.45) is 0 Å². The summed E-state index contributed by atoms with van der Waals surface area (Å²) in [6.07, 6.45) is -4.06. The molecule has 10 nitrogen and oxygen atoms in total. The van der Waals surface area contributed by atoms with Crippen molar-refractivity contribution in [1.29, 1.82) is 0 Å². The summed E-state index contributed by atoms with van der Waals surface area (Å²) in [7, 11) is 0. The van der Waals surface area contributed by atoms with Gasteiger partial charge in [-0.3, -0.25) is 14.2 Å². The van der Waals surface area contributed by atoms with Crippen molar-refractivity contribution in [3.8, 4) is 0 Å². The highest BCUT2D eigenvalue weighted by molar-refractivity contribution is 5.67. The second-order valence-electron chi connectivity index (χ2n) is 8.17. The van der Waals surface area contributed by atoms with Crippen LogP contribution in [0.2, 0.25) is 0 Å². The number of carbonyl (C=O) groups is 1. The van der Waals surface area contributed by atoms with E-state index in [1.807, 2.05) is 0 Å². The molecule has 0 radical (unpaired) electrons. The summed E-state index contributed by atoms with van der Waals surface area (Å²) in [5.41, 5.74) is 0.936. The molecule has 3 atom stereocenters. The summed E-state index contributed by atoms with van der Waals surface area (Å²) in [5.74, 6) is 0.0324. The predicted molar refractivity (Wildman–Crippen MR) is 111 cm³/mol. The molecule has 0 aliphatic heterocycles. The van der Waals surface area contributed by atoms with Gasteiger partial charge in [0, 0.05) is 36.1 Å². The first kappa shape index (κ1) is 23.7. The number of fused-ring (bicyclic) bond motifs is 1. The molecular formula is C20H23F4N7O3. The fourth-order valence-corrected chi connectivity index (χ4v) is 3.77. The van der Waals surface area contributed by atoms with Crippen LogP contribution in [0.15, 0.2) is 24.5 Å². The Morgan fingerprint density at radius 3 is 2.88 bits per heavy atom. The van der Waals surface area contributed by atoms with E-state index in [4.69, 9.17) is 4.74 Å². The fraction of sp³-hybridized carbons (Fsp3) is 0.500. The number of hydrogen-bond acceptors (Lipinski definition) is 7. The van der Waals surface area contributed by atoms with Crippen LogP contribution in [0.3, 0.4) is 0 Å². The lowest BCUT2D eigenvalue weighted by molar-refractivity contribution is -0.330. The minimum Gasteiger partial charge on any atom is -0.443 e. The Kier molecular flexibility index (Phi) is 6.59. The van der Waals surface area contributed by atoms with Crippen molar-refractivity contribution in [1.82, 2.24) is 29.9 Å². The molecule has 3 heterocycles. The van der Waals surface area contributed by atoms with Crippen molar-refractivity contribution in [3.05, 3.63) is 35.9 Å². The van der Waals surface area contributed by atoms with E-state index in [-0.39, 0.29) is 17.7 Å². The standard InChI is InChI=1S/C20H23F4N7O3/c1-10(2)26-19(32)34-14-4-3-12(17(14)21)13-7-15(30-29-13)28-18-25-6-5-16-27-11(8-31(16)18)9-33-20(22,23)24/h5-8,10,12,14,17H,3-4,9H2,1-2H3,(H,26,32)(H2,25,28,29,30)/t12-,14-,17-/m1/s1. The second-order valence-corrected chi connectivity index (χ2v) is 8.17. The van der Waals surface area contributed by atoms with E-state index in [1.165, 1.54) is 22.9 Å². The van der Waals surface area contributed by atoms with Gasteiger partial charge in [0.1, 0.15) is 17.9 Å². The van der Waals surface area contributed by atoms with Crippen LogP contribution >= 0.6 is 0 Å². The average molecular weight is 485 g/mol. The van der Waals surface area contributed by atoms with Crippen LogP contribution in [0.4, 0.5) is 34.1 Å². The van der Waals surface area contributed by atoms with E-state index >= 15 is 0 Å². The number of H-pyrrole nitrogens is 1. The Morgan fingerprint density at radius 2 is 2.15 bits per heavy atom. The van der Waals surface area contributed by atoms with E-state index in [0.29, 0.717) is 30.0 Å². The SMILES string of the molecule is CC(C)NC(=O)O[C@@H]1CC[C@H](c2cc(Nc3nccc4nc(COC(F)(F)F)cn34)n[nH]2)[C@H]1F. The van der Waals surface area contributed by atoms with Gasteiger partial charge in [0.2, 0.25) is 5.95 Å². The number of imidazole rings is 1. The van der Waals surface area contributed by atoms with Crippen LogP contribution in [0.5, 0.6) is 0 Å². The first-order chi connectivity index (χ1) is 16.1. The summed E-state index contributed by atoms with van der Waals surface area (Å²) in [4.78, 5) is 20.0. The summed E-state index contributed by atoms with van der Waals surface area (Å²) in [6, 6.07) is 3.02. The van der Waals surface area contributed by atoms with Gasteiger partial charge >= 0.3 is 12.5 Å². The number of nitrogens with zero attached hydrogens (tertiary/aromatic N) is 4. The molecular weight excluding hydrogens is 462 g/mol. The van der Waals surface area contributed by atoms with Crippen molar-refractivity contribution in [2.45, 2.75) is 63.9 Å². The van der Waals surface area contributed by atoms with Gasteiger partial charge in [0.15, 0.2) is 5.82 Å². The lowest BCUT2D eigenvalue weighted by Crippen LogP contribution is -2.36. The maximum atomic E-state index is 14.9. The number of aromatic nitrogens is 5. The number of aromatic amines is 1. The van der Waals surface area contributed by atoms with Crippen LogP contribution in [0.1, 0.15) is 44.0 Å². The van der Waals surface area contributed by atoms with Gasteiger partial charge in [-0.2, -0.15) is 5.10 Å². The highest BCUT2D eigenvalue weighted by atomic mass is 19.4. The molecule has 0 bridgehead atoms. The maximum Gasteiger partial charge on any atom is 0.522 e. The van der Waals surface area contributed by atoms with Crippen molar-refractivity contribution < 1.29 is 31.8 Å². The number of ether oxygens (including phenoxy) is 2. The first-order valence-electron chi connectivity index (χ1n) is 10.6. The Bertz CT molecular complexity index is 1150. The Hall–Kier alpha value is -3.42. The highest BCUT2D eigenvalue weighted by Gasteiger charge is 2.41. The van der Waals surface area contributed by atoms with Crippen LogP contribution in [0.25, 0.3) is 5.65 Å². The number of alkyl halides is 4. The van der Waals surface area contributed by atoms with E-state index in [9.17, 15) is 22.4 Å². The molecule has 4 rings (SSSR count). The first-order valence-corrected chi connectivity index (χ1v) is 10.6. The quantitative estimate of drug-likeness (QED) is 0.434. The Balaban J connectivity index is 1.43. The average Bonchev–Trinajstić information content (AvgIpc) is 3.45. The summed E-state index contributed by atoms with van der Waals surface area (Å²) < 4.78 is 62.4. The molecule has 0 saturated heterocycles. The van der Waals surface area contributed by atoms with Gasteiger partial charge in [-0.05, 0) is 32.8 Å². The molecule has 1 aliphatic rings. The van der Waals surface area contributed by atoms with Crippen LogP contribution in [-0.4, -0.2) is 55.3 Å². The molecule has 0 spiro atoms. The molecule has 1 aliphatic carbocycles. The van der Waals surface area contributed by atoms with Gasteiger partial charge < -0.3 is 15.4 Å². The van der Waals surface area contributed by atoms with E-state index in [0.717, 1.165) is 0 Å². The number of hydrogen-bond donors (Lipinski definition) is 3. The summed E-state index contributed by atoms with van der Waals surface area (Å²) in [6.45, 7) is 2.82. The van der Waals surface area contributed by atoms with Crippen LogP contribution < -0.4 is 10.6 Å². The molecule has 1 fully saturated rings. The fourth-order valence-electron chi connectivity index (χ4n) is 3.77. The lowest BCUT2D eigenvalue weighted by atomic mass is 10.0. The molecule has 34 heavy (non-hydrogen) atoms. The van der Waals surface area contributed by atoms with E-state index in [2.05, 4.69) is 35.5 Å². The zero-order valence-corrected chi connectivity index (χ0v) is 18.3. The Morgan fingerprint density at radius 1 is 1.35 bits per heavy atom. The minimum absolute atomic E-state index is 0.0647. The van der Waals surface area contributed by atoms with E-state index in [1.54, 1.807) is 19.9 Å². The third-order valence-electron chi connectivity index (χ3n) is 5.22. The number of nitrogens with one attached hydrogen (secondary N) is 3. The van der Waals surface area contributed by atoms with Crippen LogP contribution in [0, 0.1) is 0 Å². The van der Waals surface area contributed by atoms with Gasteiger partial charge in [-0.15, -0.1) is 13.2 Å². The van der Waals surface area contributed by atoms with Crippen molar-refractivity contribution >= 4 is 23.5 Å². The predicted octanol–water partition coefficient (Wildman–Crippen LogP) is 3.95. The summed E-state index contributed by atoms with van der Waals surface area (Å²) in [5, 5.41) is 12.4. The van der Waals surface area contributed by atoms with Gasteiger partial charge in [-0.25, -0.2) is 19.2 Å². The molecule has 0 unspecified atom stereocenters. The lowest BCUT2D eigenvalue weighted by Gasteiger charge is -2.18. The number of alkyl carbamates (subject to hydrolysis) is 1. The van der Waals surface area contributed by atoms with Gasteiger partial charge in [0.05, 0.1) is 12.3 Å². The zero-order valence-electron chi connectivity index (χ0n) is 18.3. The number of halogens is 4. The summed E-state index contributed by atoms with van der Waals surface area (Å²) >= 11 is 0. The molecule has 3 aromatic heterocycles. The van der Waals surface area contributed by atoms with Crippen molar-refractivity contribution in [3.63, 3.8) is 0 Å². The number of amides is 1. The number of carbonyl (C=O) groups excluding carboxylic acids is 1. The largest absolute Gasteiger partial charge is 0.522 e. The number of rotatable bonds is 7. The van der Waals surface area contributed by atoms with Gasteiger partial charge in [-0.1, -0.05) is 0 Å². The normalized spacial score (nSPS) is 20.7. The molecule has 14 heteroatoms. The Labute approximate surface area is 191 Å². The highest BCUT2D eigenvalue weighted by Crippen LogP contribution is 2.38. The maximum absolute atomic E-state index is 14.9. The van der Waals surface area contributed by atoms with E-state index < -0.39 is 37.3 Å². The van der Waals surface area contributed by atoms with Crippen molar-refractivity contribution in [2.75, 3.05) is 5.32 Å². The molecule has 0 aromatic carbocycles. The topological polar surface area (TPSA) is 118 Å². The van der Waals surface area contributed by atoms with Gasteiger partial charge in [0.25, 0.3) is 0 Å². The zero-order chi connectivity index (χ0) is 24.5. The molecule has 1 amide bonds. The minimum atomic E-state index is -4.77. The monoisotopic (exact) mass is 485 g/mol. The third-order valence-corrected chi connectivity index (χ3v) is 5.22. The smallest absolute Gasteiger partial charge is 0.443 e. The third kappa shape index (κ3) is 5.55.